The lowest BCUT2D eigenvalue weighted by atomic mass is 9.79. The number of nitrogens with zero attached hydrogens (tertiary/aromatic N) is 1. The maximum absolute atomic E-state index is 4.07. The van der Waals surface area contributed by atoms with Crippen LogP contribution < -0.4 is 0 Å². The number of hydrogen-bond acceptors (Lipinski definition) is 1. The molecule has 1 heteroatoms. The Kier molecular flexibility index (Phi) is 6.47. The highest BCUT2D eigenvalue weighted by Crippen LogP contribution is 2.29. The Hall–Kier alpha value is -0.720. The van der Waals surface area contributed by atoms with Crippen LogP contribution in [-0.4, -0.2) is 18.5 Å². The van der Waals surface area contributed by atoms with Crippen molar-refractivity contribution < 1.29 is 0 Å². The molecule has 0 amide bonds. The maximum atomic E-state index is 4.07. The summed E-state index contributed by atoms with van der Waals surface area (Å²) in [5.41, 5.74) is 2.75. The van der Waals surface area contributed by atoms with Crippen molar-refractivity contribution in [3.8, 4) is 0 Å². The molecule has 0 aromatic heterocycles. The molecular formula is C15H29N. The van der Waals surface area contributed by atoms with Gasteiger partial charge in [-0.15, -0.1) is 0 Å². The van der Waals surface area contributed by atoms with Crippen molar-refractivity contribution in [2.45, 2.75) is 41.5 Å². The highest BCUT2D eigenvalue weighted by Gasteiger charge is 2.20. The smallest absolute Gasteiger partial charge is 0.0140 e. The van der Waals surface area contributed by atoms with E-state index in [4.69, 9.17) is 0 Å². The zero-order valence-corrected chi connectivity index (χ0v) is 12.2. The van der Waals surface area contributed by atoms with Crippen molar-refractivity contribution in [3.63, 3.8) is 0 Å². The first-order chi connectivity index (χ1) is 7.31. The molecule has 0 aliphatic carbocycles. The largest absolute Gasteiger partial charge is 0.381 e. The van der Waals surface area contributed by atoms with Gasteiger partial charge in [-0.2, -0.15) is 0 Å². The Morgan fingerprint density at radius 3 is 2.06 bits per heavy atom. The lowest BCUT2D eigenvalue weighted by Crippen LogP contribution is -2.20. The molecule has 1 nitrogen and oxygen atoms in total. The second-order valence-corrected chi connectivity index (χ2v) is 5.23. The molecule has 0 radical (unpaired) electrons. The molecule has 0 bridgehead atoms. The average molecular weight is 223 g/mol. The predicted octanol–water partition coefficient (Wildman–Crippen LogP) is 4.33. The van der Waals surface area contributed by atoms with E-state index in [-0.39, 0.29) is 0 Å². The van der Waals surface area contributed by atoms with Crippen LogP contribution in [0, 0.1) is 17.8 Å². The third-order valence-electron chi connectivity index (χ3n) is 4.00. The standard InChI is InChI=1S/C15H29N/c1-9-16(8)10-12(4)14(6)15(7)13(5)11(2)3/h10,13-15H,2,9H2,1,3-8H3/b12-10+. The minimum atomic E-state index is 0.588. The molecule has 0 spiro atoms. The molecule has 0 saturated carbocycles. The van der Waals surface area contributed by atoms with Crippen LogP contribution in [0.5, 0.6) is 0 Å². The fourth-order valence-electron chi connectivity index (χ4n) is 1.85. The molecule has 0 rings (SSSR count). The maximum Gasteiger partial charge on any atom is 0.0140 e. The van der Waals surface area contributed by atoms with E-state index in [1.165, 1.54) is 11.1 Å². The molecule has 3 unspecified atom stereocenters. The van der Waals surface area contributed by atoms with Gasteiger partial charge in [0.25, 0.3) is 0 Å². The second kappa shape index (κ2) is 6.78. The monoisotopic (exact) mass is 223 g/mol. The van der Waals surface area contributed by atoms with Gasteiger partial charge in [-0.3, -0.25) is 0 Å². The van der Waals surface area contributed by atoms with Crippen LogP contribution in [0.2, 0.25) is 0 Å². The van der Waals surface area contributed by atoms with Gasteiger partial charge in [0.05, 0.1) is 0 Å². The van der Waals surface area contributed by atoms with Gasteiger partial charge in [0.1, 0.15) is 0 Å². The summed E-state index contributed by atoms with van der Waals surface area (Å²) >= 11 is 0. The highest BCUT2D eigenvalue weighted by atomic mass is 15.1. The molecule has 0 aromatic rings. The lowest BCUT2D eigenvalue weighted by Gasteiger charge is -2.28. The fourth-order valence-corrected chi connectivity index (χ4v) is 1.85. The summed E-state index contributed by atoms with van der Waals surface area (Å²) in [5, 5.41) is 0. The van der Waals surface area contributed by atoms with Crippen molar-refractivity contribution >= 4 is 0 Å². The van der Waals surface area contributed by atoms with Crippen molar-refractivity contribution in [1.29, 1.82) is 0 Å². The van der Waals surface area contributed by atoms with Gasteiger partial charge in [0.2, 0.25) is 0 Å². The zero-order chi connectivity index (χ0) is 12.9. The summed E-state index contributed by atoms with van der Waals surface area (Å²) in [6.07, 6.45) is 2.27. The number of rotatable bonds is 6. The molecule has 0 N–H and O–H groups in total. The summed E-state index contributed by atoms with van der Waals surface area (Å²) in [6.45, 7) is 18.6. The van der Waals surface area contributed by atoms with Crippen LogP contribution in [0.25, 0.3) is 0 Å². The Bertz CT molecular complexity index is 252. The summed E-state index contributed by atoms with van der Waals surface area (Å²) in [6, 6.07) is 0. The third kappa shape index (κ3) is 4.42. The van der Waals surface area contributed by atoms with E-state index in [0.717, 1.165) is 6.54 Å². The van der Waals surface area contributed by atoms with E-state index in [0.29, 0.717) is 17.8 Å². The lowest BCUT2D eigenvalue weighted by molar-refractivity contribution is 0.340. The quantitative estimate of drug-likeness (QED) is 0.606. The molecule has 0 heterocycles. The van der Waals surface area contributed by atoms with Crippen LogP contribution >= 0.6 is 0 Å². The normalized spacial score (nSPS) is 17.8. The fraction of sp³-hybridized carbons (Fsp3) is 0.733. The Morgan fingerprint density at radius 2 is 1.69 bits per heavy atom. The van der Waals surface area contributed by atoms with Crippen molar-refractivity contribution in [2.75, 3.05) is 13.6 Å². The summed E-state index contributed by atoms with van der Waals surface area (Å²) in [4.78, 5) is 2.24. The van der Waals surface area contributed by atoms with Gasteiger partial charge < -0.3 is 4.90 Å². The first-order valence-electron chi connectivity index (χ1n) is 6.35. The molecule has 0 aliphatic rings. The SMILES string of the molecule is C=C(C)C(C)C(C)C(C)/C(C)=C/N(C)CC. The average Bonchev–Trinajstić information content (AvgIpc) is 2.25. The van der Waals surface area contributed by atoms with Gasteiger partial charge in [-0.05, 0) is 44.7 Å². The van der Waals surface area contributed by atoms with Crippen LogP contribution in [0.15, 0.2) is 23.9 Å². The molecular weight excluding hydrogens is 194 g/mol. The van der Waals surface area contributed by atoms with E-state index in [2.05, 4.69) is 66.3 Å². The molecule has 0 saturated heterocycles. The minimum absolute atomic E-state index is 0.588. The Labute approximate surface area is 102 Å². The first kappa shape index (κ1) is 15.3. The van der Waals surface area contributed by atoms with Crippen molar-refractivity contribution in [1.82, 2.24) is 4.90 Å². The van der Waals surface area contributed by atoms with E-state index < -0.39 is 0 Å². The zero-order valence-electron chi connectivity index (χ0n) is 12.2. The predicted molar refractivity (Wildman–Crippen MR) is 74.4 cm³/mol. The molecule has 94 valence electrons. The van der Waals surface area contributed by atoms with E-state index in [1.807, 2.05) is 0 Å². The van der Waals surface area contributed by atoms with Crippen LogP contribution in [-0.2, 0) is 0 Å². The van der Waals surface area contributed by atoms with Gasteiger partial charge >= 0.3 is 0 Å². The van der Waals surface area contributed by atoms with E-state index >= 15 is 0 Å². The summed E-state index contributed by atoms with van der Waals surface area (Å²) in [5.74, 6) is 1.85. The summed E-state index contributed by atoms with van der Waals surface area (Å²) < 4.78 is 0. The molecule has 0 aromatic carbocycles. The van der Waals surface area contributed by atoms with Gasteiger partial charge in [-0.25, -0.2) is 0 Å². The second-order valence-electron chi connectivity index (χ2n) is 5.23. The number of hydrogen-bond donors (Lipinski definition) is 0. The van der Waals surface area contributed by atoms with Gasteiger partial charge in [-0.1, -0.05) is 38.5 Å². The van der Waals surface area contributed by atoms with Crippen LogP contribution in [0.4, 0.5) is 0 Å². The highest BCUT2D eigenvalue weighted by molar-refractivity contribution is 5.06. The molecule has 16 heavy (non-hydrogen) atoms. The topological polar surface area (TPSA) is 3.24 Å². The van der Waals surface area contributed by atoms with Crippen LogP contribution in [0.3, 0.4) is 0 Å². The molecule has 3 atom stereocenters. The minimum Gasteiger partial charge on any atom is -0.381 e. The number of allylic oxidation sites excluding steroid dienone is 2. The van der Waals surface area contributed by atoms with E-state index in [1.54, 1.807) is 0 Å². The molecule has 0 aliphatic heterocycles. The first-order valence-corrected chi connectivity index (χ1v) is 6.35. The summed E-state index contributed by atoms with van der Waals surface area (Å²) in [7, 11) is 2.13. The van der Waals surface area contributed by atoms with Crippen LogP contribution in [0.1, 0.15) is 41.5 Å². The van der Waals surface area contributed by atoms with Gasteiger partial charge in [0.15, 0.2) is 0 Å². The molecule has 0 fully saturated rings. The van der Waals surface area contributed by atoms with Crippen molar-refractivity contribution in [2.24, 2.45) is 17.8 Å². The van der Waals surface area contributed by atoms with Crippen molar-refractivity contribution in [3.05, 3.63) is 23.9 Å². The Balaban J connectivity index is 4.60. The third-order valence-corrected chi connectivity index (χ3v) is 4.00. The van der Waals surface area contributed by atoms with E-state index in [9.17, 15) is 0 Å². The Morgan fingerprint density at radius 1 is 1.19 bits per heavy atom. The van der Waals surface area contributed by atoms with Gasteiger partial charge in [0, 0.05) is 13.6 Å².